The molecule has 3 rings (SSSR count). The van der Waals surface area contributed by atoms with Crippen LogP contribution < -0.4 is 10.6 Å². The zero-order valence-electron chi connectivity index (χ0n) is 10.9. The fourth-order valence-corrected chi connectivity index (χ4v) is 2.72. The number of hydrogen-bond donors (Lipinski definition) is 1. The highest BCUT2D eigenvalue weighted by Gasteiger charge is 2.29. The number of nitrogens with two attached hydrogens (primary N) is 1. The lowest BCUT2D eigenvalue weighted by Crippen LogP contribution is -2.50. The highest BCUT2D eigenvalue weighted by Crippen LogP contribution is 2.32. The second-order valence-corrected chi connectivity index (χ2v) is 4.99. The topological polar surface area (TPSA) is 58.8 Å². The minimum absolute atomic E-state index is 0.0324. The molecule has 1 atom stereocenters. The number of benzene rings is 1. The van der Waals surface area contributed by atoms with Gasteiger partial charge in [-0.3, -0.25) is 4.90 Å². The number of para-hydroxylation sites is 1. The van der Waals surface area contributed by atoms with Gasteiger partial charge in [-0.2, -0.15) is 0 Å². The maximum absolute atomic E-state index is 12.6. The van der Waals surface area contributed by atoms with Gasteiger partial charge in [0.25, 0.3) is 0 Å². The lowest BCUT2D eigenvalue weighted by molar-refractivity contribution is 0.0547. The third-order valence-corrected chi connectivity index (χ3v) is 3.80. The molecule has 5 nitrogen and oxygen atoms in total. The van der Waals surface area contributed by atoms with Crippen LogP contribution in [0, 0.1) is 0 Å². The number of rotatable bonds is 0. The first-order valence-corrected chi connectivity index (χ1v) is 6.76. The number of carbonyl (C=O) groups is 1. The van der Waals surface area contributed by atoms with Crippen LogP contribution in [0.4, 0.5) is 10.5 Å². The largest absolute Gasteiger partial charge is 0.378 e. The monoisotopic (exact) mass is 261 g/mol. The van der Waals surface area contributed by atoms with Crippen molar-refractivity contribution < 1.29 is 9.53 Å². The maximum Gasteiger partial charge on any atom is 0.324 e. The molecular formula is C14H19N3O2. The van der Waals surface area contributed by atoms with E-state index in [4.69, 9.17) is 10.5 Å². The van der Waals surface area contributed by atoms with Crippen LogP contribution in [-0.4, -0.2) is 43.8 Å². The van der Waals surface area contributed by atoms with Crippen molar-refractivity contribution >= 4 is 11.7 Å². The Kier molecular flexibility index (Phi) is 3.40. The van der Waals surface area contributed by atoms with Crippen molar-refractivity contribution in [2.45, 2.75) is 12.5 Å². The quantitative estimate of drug-likeness (QED) is 0.767. The second-order valence-electron chi connectivity index (χ2n) is 4.99. The van der Waals surface area contributed by atoms with E-state index in [9.17, 15) is 4.79 Å². The normalized spacial score (nSPS) is 23.1. The average Bonchev–Trinajstić information content (AvgIpc) is 2.48. The van der Waals surface area contributed by atoms with Crippen LogP contribution in [0.3, 0.4) is 0 Å². The molecule has 1 aromatic carbocycles. The van der Waals surface area contributed by atoms with Gasteiger partial charge in [0.1, 0.15) is 0 Å². The Hall–Kier alpha value is -1.59. The first-order valence-electron chi connectivity index (χ1n) is 6.76. The standard InChI is InChI=1S/C14H19N3O2/c15-12-5-6-17(13-4-2-1-3-11(12)13)14(18)16-7-9-19-10-8-16/h1-4,12H,5-10,15H2. The molecule has 2 aliphatic rings. The molecule has 0 aliphatic carbocycles. The molecular weight excluding hydrogens is 242 g/mol. The molecule has 0 radical (unpaired) electrons. The van der Waals surface area contributed by atoms with E-state index in [1.54, 1.807) is 0 Å². The van der Waals surface area contributed by atoms with E-state index in [0.29, 0.717) is 32.8 Å². The summed E-state index contributed by atoms with van der Waals surface area (Å²) in [6, 6.07) is 8.02. The van der Waals surface area contributed by atoms with Crippen molar-refractivity contribution in [2.24, 2.45) is 5.73 Å². The summed E-state index contributed by atoms with van der Waals surface area (Å²) in [6.45, 7) is 3.28. The Labute approximate surface area is 112 Å². The van der Waals surface area contributed by atoms with E-state index in [0.717, 1.165) is 17.7 Å². The van der Waals surface area contributed by atoms with Crippen LogP contribution in [0.2, 0.25) is 0 Å². The third-order valence-electron chi connectivity index (χ3n) is 3.80. The van der Waals surface area contributed by atoms with Crippen LogP contribution in [0.15, 0.2) is 24.3 Å². The molecule has 2 heterocycles. The number of anilines is 1. The molecule has 2 aliphatic heterocycles. The summed E-state index contributed by atoms with van der Waals surface area (Å²) in [5.41, 5.74) is 8.14. The molecule has 19 heavy (non-hydrogen) atoms. The summed E-state index contributed by atoms with van der Waals surface area (Å²) in [7, 11) is 0. The van der Waals surface area contributed by atoms with E-state index in [1.165, 1.54) is 0 Å². The maximum atomic E-state index is 12.6. The Morgan fingerprint density at radius 3 is 2.74 bits per heavy atom. The van der Waals surface area contributed by atoms with Crippen LogP contribution in [0.1, 0.15) is 18.0 Å². The summed E-state index contributed by atoms with van der Waals surface area (Å²) in [5, 5.41) is 0. The Morgan fingerprint density at radius 1 is 1.21 bits per heavy atom. The summed E-state index contributed by atoms with van der Waals surface area (Å²) in [6.07, 6.45) is 0.813. The number of hydrogen-bond acceptors (Lipinski definition) is 3. The van der Waals surface area contributed by atoms with Crippen molar-refractivity contribution in [3.05, 3.63) is 29.8 Å². The molecule has 102 valence electrons. The predicted molar refractivity (Wildman–Crippen MR) is 73.1 cm³/mol. The molecule has 1 fully saturated rings. The number of urea groups is 1. The van der Waals surface area contributed by atoms with Gasteiger partial charge in [0.15, 0.2) is 0 Å². The highest BCUT2D eigenvalue weighted by atomic mass is 16.5. The molecule has 0 saturated carbocycles. The smallest absolute Gasteiger partial charge is 0.324 e. The zero-order chi connectivity index (χ0) is 13.2. The lowest BCUT2D eigenvalue weighted by Gasteiger charge is -2.37. The van der Waals surface area contributed by atoms with Crippen molar-refractivity contribution in [1.82, 2.24) is 4.90 Å². The van der Waals surface area contributed by atoms with Gasteiger partial charge in [-0.05, 0) is 18.1 Å². The average molecular weight is 261 g/mol. The fraction of sp³-hybridized carbons (Fsp3) is 0.500. The van der Waals surface area contributed by atoms with Crippen molar-refractivity contribution in [2.75, 3.05) is 37.7 Å². The van der Waals surface area contributed by atoms with Crippen LogP contribution >= 0.6 is 0 Å². The number of fused-ring (bicyclic) bond motifs is 1. The molecule has 1 saturated heterocycles. The van der Waals surface area contributed by atoms with Crippen LogP contribution in [0.25, 0.3) is 0 Å². The predicted octanol–water partition coefficient (Wildman–Crippen LogP) is 1.35. The summed E-state index contributed by atoms with van der Waals surface area (Å²) in [4.78, 5) is 16.3. The lowest BCUT2D eigenvalue weighted by atomic mass is 9.97. The minimum atomic E-state index is 0.0324. The number of morpholine rings is 1. The molecule has 1 aromatic rings. The number of nitrogens with zero attached hydrogens (tertiary/aromatic N) is 2. The van der Waals surface area contributed by atoms with Gasteiger partial charge in [0.2, 0.25) is 0 Å². The van der Waals surface area contributed by atoms with Gasteiger partial charge in [0, 0.05) is 25.7 Å². The first kappa shape index (κ1) is 12.4. The van der Waals surface area contributed by atoms with Gasteiger partial charge in [-0.25, -0.2) is 4.79 Å². The van der Waals surface area contributed by atoms with E-state index >= 15 is 0 Å². The first-order chi connectivity index (χ1) is 9.27. The molecule has 2 N–H and O–H groups in total. The summed E-state index contributed by atoms with van der Waals surface area (Å²) in [5.74, 6) is 0. The number of amides is 2. The SMILES string of the molecule is NC1CCN(C(=O)N2CCOCC2)c2ccccc21. The van der Waals surface area contributed by atoms with Gasteiger partial charge in [-0.1, -0.05) is 18.2 Å². The van der Waals surface area contributed by atoms with Crippen LogP contribution in [-0.2, 0) is 4.74 Å². The molecule has 5 heteroatoms. The van der Waals surface area contributed by atoms with Crippen molar-refractivity contribution in [3.63, 3.8) is 0 Å². The van der Waals surface area contributed by atoms with E-state index in [1.807, 2.05) is 34.1 Å². The molecule has 1 unspecified atom stereocenters. The third kappa shape index (κ3) is 2.31. The second kappa shape index (κ2) is 5.19. The van der Waals surface area contributed by atoms with E-state index in [-0.39, 0.29) is 12.1 Å². The van der Waals surface area contributed by atoms with Crippen molar-refractivity contribution in [3.8, 4) is 0 Å². The summed E-state index contributed by atoms with van der Waals surface area (Å²) < 4.78 is 5.29. The molecule has 0 aromatic heterocycles. The molecule has 0 spiro atoms. The Balaban J connectivity index is 1.85. The fourth-order valence-electron chi connectivity index (χ4n) is 2.72. The number of carbonyl (C=O) groups excluding carboxylic acids is 1. The Bertz CT molecular complexity index is 472. The highest BCUT2D eigenvalue weighted by molar-refractivity contribution is 5.93. The molecule has 0 bridgehead atoms. The van der Waals surface area contributed by atoms with Gasteiger partial charge in [-0.15, -0.1) is 0 Å². The Morgan fingerprint density at radius 2 is 1.95 bits per heavy atom. The summed E-state index contributed by atoms with van der Waals surface area (Å²) >= 11 is 0. The van der Waals surface area contributed by atoms with E-state index < -0.39 is 0 Å². The van der Waals surface area contributed by atoms with Gasteiger partial charge >= 0.3 is 6.03 Å². The van der Waals surface area contributed by atoms with Gasteiger partial charge < -0.3 is 15.4 Å². The van der Waals surface area contributed by atoms with E-state index in [2.05, 4.69) is 0 Å². The number of ether oxygens (including phenoxy) is 1. The molecule has 2 amide bonds. The van der Waals surface area contributed by atoms with Crippen molar-refractivity contribution in [1.29, 1.82) is 0 Å². The minimum Gasteiger partial charge on any atom is -0.378 e. The van der Waals surface area contributed by atoms with Gasteiger partial charge in [0.05, 0.1) is 18.9 Å². The zero-order valence-corrected chi connectivity index (χ0v) is 10.9. The van der Waals surface area contributed by atoms with Crippen LogP contribution in [0.5, 0.6) is 0 Å².